The highest BCUT2D eigenvalue weighted by Crippen LogP contribution is 2.55. The third-order valence-electron chi connectivity index (χ3n) is 7.58. The van der Waals surface area contributed by atoms with E-state index in [-0.39, 0.29) is 31.3 Å². The van der Waals surface area contributed by atoms with Gasteiger partial charge in [-0.05, 0) is 18.4 Å². The fourth-order valence-electron chi connectivity index (χ4n) is 5.91. The van der Waals surface area contributed by atoms with Crippen molar-refractivity contribution in [3.63, 3.8) is 0 Å². The van der Waals surface area contributed by atoms with Crippen LogP contribution in [0.5, 0.6) is 0 Å². The quantitative estimate of drug-likeness (QED) is 0.146. The maximum absolute atomic E-state index is 14.0. The highest BCUT2D eigenvalue weighted by molar-refractivity contribution is 6.07. The number of rotatable bonds is 11. The molecule has 11 nitrogen and oxygen atoms in total. The van der Waals surface area contributed by atoms with Gasteiger partial charge in [0.15, 0.2) is 0 Å². The molecular formula is C28H33N5O6. The molecule has 206 valence electrons. The number of nitrogens with two attached hydrogens (primary N) is 2. The van der Waals surface area contributed by atoms with Gasteiger partial charge in [-0.15, -0.1) is 0 Å². The third kappa shape index (κ3) is 5.09. The highest BCUT2D eigenvalue weighted by Gasteiger charge is 2.71. The van der Waals surface area contributed by atoms with Crippen LogP contribution in [0.25, 0.3) is 0 Å². The summed E-state index contributed by atoms with van der Waals surface area (Å²) in [5, 5.41) is 17.7. The molecule has 3 amide bonds. The number of likely N-dealkylation sites (tertiary alicyclic amines) is 2. The molecule has 2 aliphatic heterocycles. The van der Waals surface area contributed by atoms with Gasteiger partial charge in [-0.25, -0.2) is 4.79 Å². The lowest BCUT2D eigenvalue weighted by Gasteiger charge is -2.42. The summed E-state index contributed by atoms with van der Waals surface area (Å²) in [6, 6.07) is 14.8. The van der Waals surface area contributed by atoms with Gasteiger partial charge in [0.1, 0.15) is 11.8 Å². The number of hydrogen-bond acceptors (Lipinski definition) is 7. The first-order chi connectivity index (χ1) is 18.6. The number of ether oxygens (including phenoxy) is 1. The first kappa shape index (κ1) is 27.8. The van der Waals surface area contributed by atoms with Crippen molar-refractivity contribution in [2.75, 3.05) is 13.1 Å². The van der Waals surface area contributed by atoms with Crippen LogP contribution >= 0.6 is 0 Å². The van der Waals surface area contributed by atoms with E-state index in [0.717, 1.165) is 12.0 Å². The average molecular weight is 536 g/mol. The zero-order chi connectivity index (χ0) is 28.3. The minimum Gasteiger partial charge on any atom is -0.450 e. The number of nitrogens with one attached hydrogen (secondary N) is 1. The number of nitrogen functional groups attached to an aromatic ring is 1. The molecular weight excluding hydrogens is 502 g/mol. The largest absolute Gasteiger partial charge is 0.507 e. The molecule has 6 N–H and O–H groups in total. The van der Waals surface area contributed by atoms with Crippen molar-refractivity contribution in [3.05, 3.63) is 71.3 Å². The Balaban J connectivity index is 1.95. The summed E-state index contributed by atoms with van der Waals surface area (Å²) >= 11 is 0. The van der Waals surface area contributed by atoms with Crippen molar-refractivity contribution in [1.29, 1.82) is 5.41 Å². The normalized spacial score (nSPS) is 24.5. The van der Waals surface area contributed by atoms with Gasteiger partial charge in [0.2, 0.25) is 23.4 Å². The lowest BCUT2D eigenvalue weighted by molar-refractivity contribution is -0.165. The number of hydrogen-bond donors (Lipinski definition) is 4. The van der Waals surface area contributed by atoms with Gasteiger partial charge in [0.25, 0.3) is 0 Å². The lowest BCUT2D eigenvalue weighted by atomic mass is 9.82. The lowest BCUT2D eigenvalue weighted by Crippen LogP contribution is -2.55. The van der Waals surface area contributed by atoms with E-state index in [1.165, 1.54) is 17.0 Å². The molecule has 0 saturated carbocycles. The summed E-state index contributed by atoms with van der Waals surface area (Å²) in [6.07, 6.45) is -0.124. The molecule has 2 saturated heterocycles. The fraction of sp³-hybridized carbons (Fsp3) is 0.393. The van der Waals surface area contributed by atoms with E-state index in [1.807, 2.05) is 37.3 Å². The molecule has 0 aliphatic carbocycles. The Hall–Kier alpha value is -4.25. The van der Waals surface area contributed by atoms with Gasteiger partial charge in [-0.2, -0.15) is 0 Å². The number of amides is 3. The van der Waals surface area contributed by atoms with Crippen LogP contribution in [0.3, 0.4) is 0 Å². The predicted molar refractivity (Wildman–Crippen MR) is 141 cm³/mol. The Morgan fingerprint density at radius 1 is 1.03 bits per heavy atom. The van der Waals surface area contributed by atoms with Crippen molar-refractivity contribution in [3.8, 4) is 0 Å². The standard InChI is InChI=1S/C28H33N5O6/c1-2-3-14-32-25(35)22-20(16-17-7-5-4-6-8-17)33(15-13-21(29)34)28(39-27(37)38,23(22)26(32)36)19-11-9-18(10-12-19)24(30)31/h4-12,20,22-23H,2-3,13-16H2,1H3,(H2,29,34)(H3,30,31)(H,37,38). The second-order valence-corrected chi connectivity index (χ2v) is 9.91. The molecule has 0 bridgehead atoms. The van der Waals surface area contributed by atoms with Gasteiger partial charge >= 0.3 is 6.16 Å². The Labute approximate surface area is 226 Å². The Bertz CT molecular complexity index is 1270. The smallest absolute Gasteiger partial charge is 0.450 e. The summed E-state index contributed by atoms with van der Waals surface area (Å²) in [7, 11) is 0. The summed E-state index contributed by atoms with van der Waals surface area (Å²) < 4.78 is 5.69. The number of unbranched alkanes of at least 4 members (excludes halogenated alkanes) is 1. The number of primary amides is 1. The molecule has 2 heterocycles. The van der Waals surface area contributed by atoms with Gasteiger partial charge < -0.3 is 21.3 Å². The first-order valence-corrected chi connectivity index (χ1v) is 12.9. The zero-order valence-electron chi connectivity index (χ0n) is 21.7. The number of imide groups is 1. The highest BCUT2D eigenvalue weighted by atomic mass is 16.7. The molecule has 39 heavy (non-hydrogen) atoms. The van der Waals surface area contributed by atoms with Crippen molar-refractivity contribution in [2.45, 2.75) is 44.4 Å². The van der Waals surface area contributed by atoms with Crippen LogP contribution in [-0.2, 0) is 31.3 Å². The number of benzene rings is 2. The summed E-state index contributed by atoms with van der Waals surface area (Å²) in [6.45, 7) is 2.12. The monoisotopic (exact) mass is 535 g/mol. The molecule has 11 heteroatoms. The van der Waals surface area contributed by atoms with Gasteiger partial charge in [0, 0.05) is 36.7 Å². The van der Waals surface area contributed by atoms with E-state index >= 15 is 0 Å². The van der Waals surface area contributed by atoms with Crippen molar-refractivity contribution in [2.24, 2.45) is 23.3 Å². The molecule has 4 unspecified atom stereocenters. The minimum absolute atomic E-state index is 0.0446. The van der Waals surface area contributed by atoms with Crippen molar-refractivity contribution < 1.29 is 29.0 Å². The van der Waals surface area contributed by atoms with Crippen LogP contribution < -0.4 is 11.5 Å². The fourth-order valence-corrected chi connectivity index (χ4v) is 5.91. The summed E-state index contributed by atoms with van der Waals surface area (Å²) in [4.78, 5) is 54.9. The molecule has 2 aromatic rings. The van der Waals surface area contributed by atoms with Gasteiger partial charge in [-0.3, -0.25) is 29.6 Å². The topological polar surface area (TPSA) is 180 Å². The molecule has 2 aromatic carbocycles. The van der Waals surface area contributed by atoms with Crippen molar-refractivity contribution >= 4 is 29.7 Å². The zero-order valence-corrected chi connectivity index (χ0v) is 21.7. The Kier molecular flexibility index (Phi) is 8.01. The van der Waals surface area contributed by atoms with E-state index in [0.29, 0.717) is 24.0 Å². The molecule has 0 aromatic heterocycles. The van der Waals surface area contributed by atoms with Crippen LogP contribution in [-0.4, -0.2) is 63.8 Å². The first-order valence-electron chi connectivity index (χ1n) is 12.9. The molecule has 4 rings (SSSR count). The van der Waals surface area contributed by atoms with E-state index < -0.39 is 41.6 Å². The molecule has 0 spiro atoms. The van der Waals surface area contributed by atoms with E-state index in [1.54, 1.807) is 17.0 Å². The van der Waals surface area contributed by atoms with E-state index in [4.69, 9.17) is 21.6 Å². The minimum atomic E-state index is -1.92. The summed E-state index contributed by atoms with van der Waals surface area (Å²) in [5.74, 6) is -3.83. The SMILES string of the molecule is CCCCN1C(=O)C2C(Cc3ccccc3)N(CCC(N)=O)C(OC(=O)O)(c3ccc(C(=N)N)cc3)C2C1=O. The predicted octanol–water partition coefficient (Wildman–Crippen LogP) is 2.02. The van der Waals surface area contributed by atoms with Crippen LogP contribution in [0.2, 0.25) is 0 Å². The number of carboxylic acid groups (broad SMARTS) is 1. The Morgan fingerprint density at radius 3 is 2.26 bits per heavy atom. The summed E-state index contributed by atoms with van der Waals surface area (Å²) in [5.41, 5.74) is 10.8. The van der Waals surface area contributed by atoms with Crippen LogP contribution in [0.15, 0.2) is 54.6 Å². The second-order valence-electron chi connectivity index (χ2n) is 9.91. The molecule has 2 fully saturated rings. The maximum atomic E-state index is 14.0. The Morgan fingerprint density at radius 2 is 1.69 bits per heavy atom. The second kappa shape index (κ2) is 11.2. The van der Waals surface area contributed by atoms with Crippen LogP contribution in [0.1, 0.15) is 42.9 Å². The number of carbonyl (C=O) groups is 4. The third-order valence-corrected chi connectivity index (χ3v) is 7.58. The number of nitrogens with zero attached hydrogens (tertiary/aromatic N) is 2. The molecule has 2 aliphatic rings. The molecule has 0 radical (unpaired) electrons. The number of carbonyl (C=O) groups excluding carboxylic acids is 3. The van der Waals surface area contributed by atoms with Crippen LogP contribution in [0, 0.1) is 17.2 Å². The van der Waals surface area contributed by atoms with E-state index in [9.17, 15) is 24.3 Å². The van der Waals surface area contributed by atoms with Gasteiger partial charge in [0.05, 0.1) is 5.92 Å². The average Bonchev–Trinajstić information content (AvgIpc) is 3.31. The van der Waals surface area contributed by atoms with Crippen molar-refractivity contribution in [1.82, 2.24) is 9.80 Å². The number of fused-ring (bicyclic) bond motifs is 1. The maximum Gasteiger partial charge on any atom is 0.507 e. The molecule has 4 atom stereocenters. The van der Waals surface area contributed by atoms with Crippen LogP contribution in [0.4, 0.5) is 4.79 Å². The van der Waals surface area contributed by atoms with E-state index in [2.05, 4.69) is 0 Å². The number of amidine groups is 1. The van der Waals surface area contributed by atoms with Gasteiger partial charge in [-0.1, -0.05) is 67.9 Å².